The minimum absolute atomic E-state index is 0.315. The first-order chi connectivity index (χ1) is 7.01. The molecule has 1 aliphatic rings. The Balaban J connectivity index is 2.46. The third-order valence-electron chi connectivity index (χ3n) is 3.92. The van der Waals surface area contributed by atoms with Gasteiger partial charge in [0.05, 0.1) is 26.7 Å². The minimum Gasteiger partial charge on any atom is -0.342 e. The molecule has 1 amide bonds. The first-order valence-corrected chi connectivity index (χ1v) is 6.11. The Morgan fingerprint density at radius 2 is 1.80 bits per heavy atom. The maximum absolute atomic E-state index is 11.5. The molecule has 0 aromatic heterocycles. The van der Waals surface area contributed by atoms with Crippen LogP contribution in [0.5, 0.6) is 0 Å². The third kappa shape index (κ3) is 2.94. The number of likely N-dealkylation sites (tertiary alicyclic amines) is 1. The predicted molar refractivity (Wildman–Crippen MR) is 62.5 cm³/mol. The highest BCUT2D eigenvalue weighted by molar-refractivity contribution is 5.75. The van der Waals surface area contributed by atoms with Gasteiger partial charge in [-0.25, -0.2) is 0 Å². The van der Waals surface area contributed by atoms with Gasteiger partial charge in [-0.3, -0.25) is 4.79 Å². The Bertz CT molecular complexity index is 218. The molecule has 0 aromatic carbocycles. The van der Waals surface area contributed by atoms with Crippen molar-refractivity contribution in [1.29, 1.82) is 0 Å². The number of carbonyl (C=O) groups excluding carboxylic acids is 1. The van der Waals surface area contributed by atoms with Crippen LogP contribution in [-0.4, -0.2) is 55.1 Å². The van der Waals surface area contributed by atoms with Gasteiger partial charge in [0.25, 0.3) is 0 Å². The largest absolute Gasteiger partial charge is 0.342 e. The summed E-state index contributed by atoms with van der Waals surface area (Å²) in [6, 6.07) is 0.732. The second kappa shape index (κ2) is 4.97. The molecule has 1 aliphatic heterocycles. The summed E-state index contributed by atoms with van der Waals surface area (Å²) in [5.41, 5.74) is 0. The van der Waals surface area contributed by atoms with E-state index in [0.717, 1.165) is 36.5 Å². The van der Waals surface area contributed by atoms with Crippen LogP contribution in [-0.2, 0) is 4.79 Å². The fourth-order valence-electron chi connectivity index (χ4n) is 2.30. The summed E-state index contributed by atoms with van der Waals surface area (Å²) >= 11 is 0. The highest BCUT2D eigenvalue weighted by Crippen LogP contribution is 2.20. The number of hydrogen-bond acceptors (Lipinski definition) is 1. The smallest absolute Gasteiger partial charge is 0.222 e. The SMILES string of the molecule is CCC(=O)N1CCC([N+](C)(C)CC)CC1. The molecule has 3 nitrogen and oxygen atoms in total. The van der Waals surface area contributed by atoms with Crippen molar-refractivity contribution in [3.63, 3.8) is 0 Å². The topological polar surface area (TPSA) is 20.3 Å². The number of piperidine rings is 1. The molecule has 1 saturated heterocycles. The summed E-state index contributed by atoms with van der Waals surface area (Å²) in [6.07, 6.45) is 2.97. The number of amides is 1. The zero-order valence-corrected chi connectivity index (χ0v) is 10.6. The van der Waals surface area contributed by atoms with E-state index in [1.165, 1.54) is 6.54 Å². The highest BCUT2D eigenvalue weighted by atomic mass is 16.2. The summed E-state index contributed by atoms with van der Waals surface area (Å²) in [7, 11) is 4.59. The molecule has 0 radical (unpaired) electrons. The monoisotopic (exact) mass is 213 g/mol. The predicted octanol–water partition coefficient (Wildman–Crippen LogP) is 1.48. The Morgan fingerprint density at radius 3 is 2.20 bits per heavy atom. The van der Waals surface area contributed by atoms with Gasteiger partial charge in [-0.15, -0.1) is 0 Å². The average molecular weight is 213 g/mol. The zero-order valence-electron chi connectivity index (χ0n) is 10.6. The molecule has 0 aliphatic carbocycles. The quantitative estimate of drug-likeness (QED) is 0.650. The van der Waals surface area contributed by atoms with Gasteiger partial charge in [0.2, 0.25) is 5.91 Å². The second-order valence-corrected chi connectivity index (χ2v) is 5.06. The van der Waals surface area contributed by atoms with E-state index in [-0.39, 0.29) is 0 Å². The van der Waals surface area contributed by atoms with Crippen LogP contribution in [0.25, 0.3) is 0 Å². The minimum atomic E-state index is 0.315. The van der Waals surface area contributed by atoms with Crippen molar-refractivity contribution in [2.24, 2.45) is 0 Å². The Hall–Kier alpha value is -0.570. The lowest BCUT2D eigenvalue weighted by molar-refractivity contribution is -0.914. The summed E-state index contributed by atoms with van der Waals surface area (Å²) < 4.78 is 1.09. The van der Waals surface area contributed by atoms with Gasteiger partial charge >= 0.3 is 0 Å². The molecule has 15 heavy (non-hydrogen) atoms. The van der Waals surface area contributed by atoms with Gasteiger partial charge in [-0.05, 0) is 6.92 Å². The molecular weight excluding hydrogens is 188 g/mol. The van der Waals surface area contributed by atoms with Crippen LogP contribution in [0.15, 0.2) is 0 Å². The lowest BCUT2D eigenvalue weighted by Gasteiger charge is -2.42. The molecule has 0 spiro atoms. The van der Waals surface area contributed by atoms with E-state index in [1.807, 2.05) is 11.8 Å². The van der Waals surface area contributed by atoms with Crippen molar-refractivity contribution in [1.82, 2.24) is 4.90 Å². The molecule has 0 saturated carbocycles. The molecule has 1 rings (SSSR count). The van der Waals surface area contributed by atoms with Gasteiger partial charge in [0, 0.05) is 32.4 Å². The molecule has 1 fully saturated rings. The molecule has 0 N–H and O–H groups in total. The van der Waals surface area contributed by atoms with Crippen molar-refractivity contribution in [2.45, 2.75) is 39.2 Å². The lowest BCUT2D eigenvalue weighted by Crippen LogP contribution is -2.54. The molecule has 1 heterocycles. The van der Waals surface area contributed by atoms with E-state index in [2.05, 4.69) is 21.0 Å². The normalized spacial score (nSPS) is 19.3. The molecule has 0 aromatic rings. The lowest BCUT2D eigenvalue weighted by atomic mass is 10.0. The van der Waals surface area contributed by atoms with Crippen molar-refractivity contribution in [2.75, 3.05) is 33.7 Å². The van der Waals surface area contributed by atoms with Crippen molar-refractivity contribution < 1.29 is 9.28 Å². The van der Waals surface area contributed by atoms with E-state index in [9.17, 15) is 4.79 Å². The van der Waals surface area contributed by atoms with Crippen molar-refractivity contribution >= 4 is 5.91 Å². The molecule has 0 unspecified atom stereocenters. The average Bonchev–Trinajstić information content (AvgIpc) is 2.28. The van der Waals surface area contributed by atoms with Crippen LogP contribution < -0.4 is 0 Å². The number of hydrogen-bond donors (Lipinski definition) is 0. The van der Waals surface area contributed by atoms with Crippen LogP contribution in [0.4, 0.5) is 0 Å². The van der Waals surface area contributed by atoms with Gasteiger partial charge in [0.1, 0.15) is 0 Å². The van der Waals surface area contributed by atoms with E-state index >= 15 is 0 Å². The molecular formula is C12H25N2O+. The van der Waals surface area contributed by atoms with Crippen molar-refractivity contribution in [3.8, 4) is 0 Å². The van der Waals surface area contributed by atoms with Crippen molar-refractivity contribution in [3.05, 3.63) is 0 Å². The summed E-state index contributed by atoms with van der Waals surface area (Å²) in [5, 5.41) is 0. The number of nitrogens with zero attached hydrogens (tertiary/aromatic N) is 2. The second-order valence-electron chi connectivity index (χ2n) is 5.06. The van der Waals surface area contributed by atoms with Gasteiger partial charge in [-0.1, -0.05) is 6.92 Å². The van der Waals surface area contributed by atoms with E-state index in [0.29, 0.717) is 12.3 Å². The fourth-order valence-corrected chi connectivity index (χ4v) is 2.30. The molecule has 3 heteroatoms. The van der Waals surface area contributed by atoms with Crippen LogP contribution in [0.1, 0.15) is 33.1 Å². The van der Waals surface area contributed by atoms with E-state index in [1.54, 1.807) is 0 Å². The summed E-state index contributed by atoms with van der Waals surface area (Å²) in [6.45, 7) is 7.27. The van der Waals surface area contributed by atoms with Crippen LogP contribution in [0, 0.1) is 0 Å². The van der Waals surface area contributed by atoms with Crippen LogP contribution >= 0.6 is 0 Å². The fraction of sp³-hybridized carbons (Fsp3) is 0.917. The molecule has 0 atom stereocenters. The first-order valence-electron chi connectivity index (χ1n) is 6.11. The number of quaternary nitrogens is 1. The standard InChI is InChI=1S/C12H25N2O/c1-5-12(15)13-9-7-11(8-10-13)14(3,4)6-2/h11H,5-10H2,1-4H3/q+1. The van der Waals surface area contributed by atoms with Crippen LogP contribution in [0.2, 0.25) is 0 Å². The molecule has 0 bridgehead atoms. The zero-order chi connectivity index (χ0) is 11.5. The molecule has 88 valence electrons. The Kier molecular flexibility index (Phi) is 4.14. The maximum Gasteiger partial charge on any atom is 0.222 e. The highest BCUT2D eigenvalue weighted by Gasteiger charge is 2.31. The van der Waals surface area contributed by atoms with Gasteiger partial charge < -0.3 is 9.38 Å². The summed E-state index contributed by atoms with van der Waals surface area (Å²) in [4.78, 5) is 13.5. The Labute approximate surface area is 93.6 Å². The number of rotatable bonds is 3. The van der Waals surface area contributed by atoms with Gasteiger partial charge in [-0.2, -0.15) is 0 Å². The maximum atomic E-state index is 11.5. The summed E-state index contributed by atoms with van der Waals surface area (Å²) in [5.74, 6) is 0.315. The Morgan fingerprint density at radius 1 is 1.27 bits per heavy atom. The third-order valence-corrected chi connectivity index (χ3v) is 3.92. The first kappa shape index (κ1) is 12.5. The van der Waals surface area contributed by atoms with Crippen LogP contribution in [0.3, 0.4) is 0 Å². The number of carbonyl (C=O) groups is 1. The van der Waals surface area contributed by atoms with E-state index < -0.39 is 0 Å². The van der Waals surface area contributed by atoms with E-state index in [4.69, 9.17) is 0 Å². The van der Waals surface area contributed by atoms with Gasteiger partial charge in [0.15, 0.2) is 0 Å².